The molecule has 0 saturated heterocycles. The van der Waals surface area contributed by atoms with E-state index in [2.05, 4.69) is 17.6 Å². The molecule has 0 bridgehead atoms. The lowest BCUT2D eigenvalue weighted by atomic mass is 10.0. The first-order valence-electron chi connectivity index (χ1n) is 5.71. The highest BCUT2D eigenvalue weighted by Gasteiger charge is 2.10. The Morgan fingerprint density at radius 2 is 2.21 bits per heavy atom. The summed E-state index contributed by atoms with van der Waals surface area (Å²) in [5, 5.41) is 9.28. The average molecular weight is 252 g/mol. The van der Waals surface area contributed by atoms with Gasteiger partial charge in [-0.2, -0.15) is 5.26 Å². The quantitative estimate of drug-likeness (QED) is 0.373. The molecule has 19 heavy (non-hydrogen) atoms. The van der Waals surface area contributed by atoms with Crippen LogP contribution < -0.4 is 11.5 Å². The van der Waals surface area contributed by atoms with Crippen LogP contribution in [0.25, 0.3) is 5.70 Å². The van der Waals surface area contributed by atoms with E-state index in [1.165, 1.54) is 0 Å². The smallest absolute Gasteiger partial charge is 0.104 e. The molecule has 0 atom stereocenters. The molecule has 0 unspecified atom stereocenters. The predicted octanol–water partition coefficient (Wildman–Crippen LogP) is 2.62. The van der Waals surface area contributed by atoms with Crippen LogP contribution in [-0.2, 0) is 0 Å². The number of nitrogens with zero attached hydrogens (tertiary/aromatic N) is 2. The highest BCUT2D eigenvalue weighted by atomic mass is 14.7. The van der Waals surface area contributed by atoms with Crippen LogP contribution in [0.1, 0.15) is 12.5 Å². The third-order valence-corrected chi connectivity index (χ3v) is 2.38. The maximum absolute atomic E-state index is 9.28. The first-order valence-corrected chi connectivity index (χ1v) is 5.71. The molecular formula is C15H16N4. The Labute approximate surface area is 113 Å². The van der Waals surface area contributed by atoms with Gasteiger partial charge >= 0.3 is 0 Å². The van der Waals surface area contributed by atoms with Crippen molar-refractivity contribution in [2.24, 2.45) is 10.7 Å². The van der Waals surface area contributed by atoms with Crippen LogP contribution in [0, 0.1) is 11.3 Å². The van der Waals surface area contributed by atoms with Crippen molar-refractivity contribution in [2.45, 2.75) is 6.92 Å². The monoisotopic (exact) mass is 252 g/mol. The van der Waals surface area contributed by atoms with Crippen molar-refractivity contribution in [3.8, 4) is 6.07 Å². The molecule has 4 N–H and O–H groups in total. The largest absolute Gasteiger partial charge is 0.399 e. The highest BCUT2D eigenvalue weighted by molar-refractivity contribution is 5.76. The number of rotatable bonds is 4. The lowest BCUT2D eigenvalue weighted by Gasteiger charge is -2.07. The molecule has 96 valence electrons. The van der Waals surface area contributed by atoms with Gasteiger partial charge in [0.05, 0.1) is 11.4 Å². The van der Waals surface area contributed by atoms with Gasteiger partial charge < -0.3 is 11.5 Å². The molecule has 0 aromatic heterocycles. The first-order chi connectivity index (χ1) is 9.13. The van der Waals surface area contributed by atoms with Crippen LogP contribution in [0.2, 0.25) is 0 Å². The molecule has 4 heteroatoms. The van der Waals surface area contributed by atoms with E-state index in [1.807, 2.05) is 0 Å². The van der Waals surface area contributed by atoms with Crippen molar-refractivity contribution >= 4 is 17.6 Å². The van der Waals surface area contributed by atoms with Gasteiger partial charge in [-0.3, -0.25) is 4.99 Å². The fourth-order valence-corrected chi connectivity index (χ4v) is 1.55. The molecule has 0 fully saturated rings. The van der Waals surface area contributed by atoms with E-state index in [1.54, 1.807) is 49.6 Å². The highest BCUT2D eigenvalue weighted by Crippen LogP contribution is 2.21. The van der Waals surface area contributed by atoms with Crippen LogP contribution in [0.5, 0.6) is 0 Å². The average Bonchev–Trinajstić information content (AvgIpc) is 2.40. The molecule has 0 aliphatic carbocycles. The summed E-state index contributed by atoms with van der Waals surface area (Å²) < 4.78 is 0. The molecular weight excluding hydrogens is 236 g/mol. The number of allylic oxidation sites excluding steroid dienone is 3. The van der Waals surface area contributed by atoms with Gasteiger partial charge in [0, 0.05) is 17.5 Å². The number of anilines is 1. The summed E-state index contributed by atoms with van der Waals surface area (Å²) >= 11 is 0. The minimum atomic E-state index is 0.295. The van der Waals surface area contributed by atoms with Crippen LogP contribution in [0.3, 0.4) is 0 Å². The zero-order chi connectivity index (χ0) is 14.3. The van der Waals surface area contributed by atoms with Crippen LogP contribution in [-0.4, -0.2) is 6.21 Å². The number of nitriles is 1. The van der Waals surface area contributed by atoms with E-state index in [0.717, 1.165) is 0 Å². The molecule has 0 aliphatic rings. The van der Waals surface area contributed by atoms with Crippen molar-refractivity contribution in [3.05, 3.63) is 59.8 Å². The van der Waals surface area contributed by atoms with Crippen molar-refractivity contribution in [3.63, 3.8) is 0 Å². The van der Waals surface area contributed by atoms with E-state index >= 15 is 0 Å². The number of hydrogen-bond acceptors (Lipinski definition) is 4. The lowest BCUT2D eigenvalue weighted by molar-refractivity contribution is 1.32. The Kier molecular flexibility index (Phi) is 5.12. The van der Waals surface area contributed by atoms with Crippen molar-refractivity contribution in [1.82, 2.24) is 0 Å². The molecule has 1 aromatic carbocycles. The van der Waals surface area contributed by atoms with Gasteiger partial charge in [-0.1, -0.05) is 24.8 Å². The summed E-state index contributed by atoms with van der Waals surface area (Å²) in [5.41, 5.74) is 14.1. The molecule has 4 nitrogen and oxygen atoms in total. The maximum Gasteiger partial charge on any atom is 0.104 e. The summed E-state index contributed by atoms with van der Waals surface area (Å²) in [5.74, 6) is 0. The minimum absolute atomic E-state index is 0.295. The normalized spacial score (nSPS) is 12.9. The Hall–Kier alpha value is -2.80. The molecule has 0 heterocycles. The fraction of sp³-hybridized carbons (Fsp3) is 0.0667. The Bertz CT molecular complexity index is 601. The van der Waals surface area contributed by atoms with Gasteiger partial charge in [0.1, 0.15) is 11.6 Å². The van der Waals surface area contributed by atoms with E-state index in [0.29, 0.717) is 28.2 Å². The van der Waals surface area contributed by atoms with Crippen LogP contribution in [0.4, 0.5) is 5.69 Å². The summed E-state index contributed by atoms with van der Waals surface area (Å²) in [6.45, 7) is 5.37. The summed E-state index contributed by atoms with van der Waals surface area (Å²) in [6, 6.07) is 9.13. The van der Waals surface area contributed by atoms with E-state index in [9.17, 15) is 5.26 Å². The van der Waals surface area contributed by atoms with Crippen molar-refractivity contribution in [1.29, 1.82) is 5.26 Å². The van der Waals surface area contributed by atoms with Crippen molar-refractivity contribution < 1.29 is 0 Å². The molecule has 0 aliphatic heterocycles. The van der Waals surface area contributed by atoms with Gasteiger partial charge in [0.2, 0.25) is 0 Å². The van der Waals surface area contributed by atoms with Gasteiger partial charge in [-0.25, -0.2) is 0 Å². The van der Waals surface area contributed by atoms with Gasteiger partial charge in [0.15, 0.2) is 0 Å². The number of benzene rings is 1. The van der Waals surface area contributed by atoms with Gasteiger partial charge in [-0.15, -0.1) is 0 Å². The second-order valence-corrected chi connectivity index (χ2v) is 3.70. The first kappa shape index (κ1) is 14.3. The lowest BCUT2D eigenvalue weighted by Crippen LogP contribution is -2.03. The standard InChI is InChI=1S/C15H16N4/c1-3-6-14(19-4-2)13(10-16)15(18)11-7-5-8-12(17)9-11/h3-9H,1,17-18H2,2H3/b14-6-,15-13-,19-4?. The Balaban J connectivity index is 3.41. The number of nitrogens with two attached hydrogens (primary N) is 2. The van der Waals surface area contributed by atoms with E-state index in [4.69, 9.17) is 11.5 Å². The van der Waals surface area contributed by atoms with Crippen molar-refractivity contribution in [2.75, 3.05) is 5.73 Å². The topological polar surface area (TPSA) is 88.2 Å². The Morgan fingerprint density at radius 3 is 2.74 bits per heavy atom. The number of hydrogen-bond donors (Lipinski definition) is 2. The molecule has 0 amide bonds. The molecule has 0 saturated carbocycles. The molecule has 0 spiro atoms. The van der Waals surface area contributed by atoms with E-state index in [-0.39, 0.29) is 0 Å². The van der Waals surface area contributed by atoms with E-state index < -0.39 is 0 Å². The summed E-state index contributed by atoms with van der Waals surface area (Å²) in [7, 11) is 0. The third-order valence-electron chi connectivity index (χ3n) is 2.38. The third kappa shape index (κ3) is 3.58. The molecule has 0 radical (unpaired) electrons. The number of nitrogen functional groups attached to an aromatic ring is 1. The molecule has 1 rings (SSSR count). The fourth-order valence-electron chi connectivity index (χ4n) is 1.55. The zero-order valence-corrected chi connectivity index (χ0v) is 10.8. The zero-order valence-electron chi connectivity index (χ0n) is 10.8. The van der Waals surface area contributed by atoms with Gasteiger partial charge in [-0.05, 0) is 25.1 Å². The van der Waals surface area contributed by atoms with Crippen LogP contribution in [0.15, 0.2) is 59.3 Å². The minimum Gasteiger partial charge on any atom is -0.399 e. The SMILES string of the molecule is C=C/C=C(N=CC)/C(C#N)=C(\N)c1cccc(N)c1. The number of aliphatic imine (C=N–C) groups is 1. The Morgan fingerprint density at radius 1 is 1.47 bits per heavy atom. The summed E-state index contributed by atoms with van der Waals surface area (Å²) in [6.07, 6.45) is 4.79. The second-order valence-electron chi connectivity index (χ2n) is 3.70. The summed E-state index contributed by atoms with van der Waals surface area (Å²) in [4.78, 5) is 4.13. The molecule has 1 aromatic rings. The second kappa shape index (κ2) is 6.82. The van der Waals surface area contributed by atoms with Crippen LogP contribution >= 0.6 is 0 Å². The predicted molar refractivity (Wildman–Crippen MR) is 80.0 cm³/mol. The van der Waals surface area contributed by atoms with Gasteiger partial charge in [0.25, 0.3) is 0 Å². The maximum atomic E-state index is 9.28.